The van der Waals surface area contributed by atoms with Crippen molar-refractivity contribution in [1.29, 1.82) is 0 Å². The number of aromatic amines is 2. The zero-order valence-electron chi connectivity index (χ0n) is 18.3. The summed E-state index contributed by atoms with van der Waals surface area (Å²) in [5, 5.41) is 39.5. The number of H-pyrrole nitrogens is 2. The summed E-state index contributed by atoms with van der Waals surface area (Å²) in [6, 6.07) is 5.41. The van der Waals surface area contributed by atoms with Crippen LogP contribution in [0.2, 0.25) is 0 Å². The molecule has 187 valence electrons. The zero-order chi connectivity index (χ0) is 25.7. The number of carboxylic acids is 4. The second kappa shape index (κ2) is 9.67. The SMILES string of the molecule is O=C(O)c1c2nc(c(C(=O)O)c3ccc([nH]3)c(C(=O)O)c3nc(c(C(=O)O)c4ccc1[nH]4)C=C3)C=C2.[Tb]. The van der Waals surface area contributed by atoms with Crippen LogP contribution < -0.4 is 0 Å². The maximum Gasteiger partial charge on any atom is 0.340 e. The molecule has 0 spiro atoms. The van der Waals surface area contributed by atoms with Gasteiger partial charge in [0.2, 0.25) is 0 Å². The fraction of sp³-hybridized carbons (Fsp3) is 0. The van der Waals surface area contributed by atoms with Crippen molar-refractivity contribution in [3.05, 3.63) is 69.3 Å². The van der Waals surface area contributed by atoms with E-state index >= 15 is 0 Å². The molecule has 6 N–H and O–H groups in total. The average Bonchev–Trinajstić information content (AvgIpc) is 3.57. The van der Waals surface area contributed by atoms with E-state index in [0.29, 0.717) is 0 Å². The van der Waals surface area contributed by atoms with Gasteiger partial charge in [-0.05, 0) is 48.6 Å². The first-order valence-corrected chi connectivity index (χ1v) is 10.2. The summed E-state index contributed by atoms with van der Waals surface area (Å²) in [6.45, 7) is 0. The van der Waals surface area contributed by atoms with Crippen molar-refractivity contribution in [3.63, 3.8) is 0 Å². The first-order chi connectivity index (χ1) is 17.2. The molecule has 2 aliphatic rings. The first kappa shape index (κ1) is 25.8. The topological polar surface area (TPSA) is 207 Å². The third-order valence-electron chi connectivity index (χ3n) is 5.61. The van der Waals surface area contributed by atoms with Crippen molar-refractivity contribution in [2.24, 2.45) is 0 Å². The Morgan fingerprint density at radius 1 is 0.486 bits per heavy atom. The largest absolute Gasteiger partial charge is 0.478 e. The van der Waals surface area contributed by atoms with Gasteiger partial charge in [0.1, 0.15) is 22.3 Å². The number of carbonyl (C=O) groups is 4. The molecule has 0 aromatic carbocycles. The smallest absolute Gasteiger partial charge is 0.340 e. The molecule has 12 nitrogen and oxygen atoms in total. The number of rotatable bonds is 4. The van der Waals surface area contributed by atoms with E-state index in [2.05, 4.69) is 19.9 Å². The molecular weight excluding hydrogens is 631 g/mol. The van der Waals surface area contributed by atoms with Gasteiger partial charge in [0.25, 0.3) is 0 Å². The minimum atomic E-state index is -1.38. The molecule has 5 rings (SSSR count). The summed E-state index contributed by atoms with van der Waals surface area (Å²) >= 11 is 0. The van der Waals surface area contributed by atoms with Crippen molar-refractivity contribution in [2.45, 2.75) is 0 Å². The van der Waals surface area contributed by atoms with E-state index in [1.165, 1.54) is 48.6 Å². The van der Waals surface area contributed by atoms with Gasteiger partial charge in [0.05, 0.1) is 44.8 Å². The molecule has 3 aromatic rings. The predicted molar refractivity (Wildman–Crippen MR) is 127 cm³/mol. The van der Waals surface area contributed by atoms with Gasteiger partial charge in [-0.1, -0.05) is 0 Å². The number of hydrogen-bond acceptors (Lipinski definition) is 6. The molecule has 13 heteroatoms. The molecule has 0 atom stereocenters. The van der Waals surface area contributed by atoms with Crippen LogP contribution in [0, 0.1) is 38.6 Å². The third-order valence-corrected chi connectivity index (χ3v) is 5.61. The van der Waals surface area contributed by atoms with Crippen LogP contribution in [-0.4, -0.2) is 64.2 Å². The maximum atomic E-state index is 12.1. The van der Waals surface area contributed by atoms with Crippen LogP contribution in [-0.2, 0) is 0 Å². The van der Waals surface area contributed by atoms with Gasteiger partial charge in [-0.2, -0.15) is 0 Å². The van der Waals surface area contributed by atoms with Crippen LogP contribution in [0.1, 0.15) is 64.2 Å². The second-order valence-electron chi connectivity index (χ2n) is 7.72. The number of nitrogens with one attached hydrogen (secondary N) is 2. The van der Waals surface area contributed by atoms with E-state index in [1.54, 1.807) is 0 Å². The molecule has 0 saturated carbocycles. The second-order valence-corrected chi connectivity index (χ2v) is 7.72. The number of carboxylic acid groups (broad SMARTS) is 4. The molecule has 0 saturated heterocycles. The summed E-state index contributed by atoms with van der Waals surface area (Å²) in [5.41, 5.74) is -1.38. The van der Waals surface area contributed by atoms with Gasteiger partial charge in [-0.3, -0.25) is 0 Å². The predicted octanol–water partition coefficient (Wildman–Crippen LogP) is 3.45. The monoisotopic (exact) mass is 645 g/mol. The van der Waals surface area contributed by atoms with E-state index < -0.39 is 23.9 Å². The van der Waals surface area contributed by atoms with Crippen molar-refractivity contribution >= 4 is 70.2 Å². The average molecular weight is 645 g/mol. The molecule has 2 aliphatic heterocycles. The van der Waals surface area contributed by atoms with Gasteiger partial charge < -0.3 is 30.4 Å². The summed E-state index contributed by atoms with van der Waals surface area (Å²) in [7, 11) is 0. The fourth-order valence-corrected chi connectivity index (χ4v) is 4.11. The molecular formula is C24H14N4O8Tb. The fourth-order valence-electron chi connectivity index (χ4n) is 4.11. The normalized spacial score (nSPS) is 11.7. The minimum Gasteiger partial charge on any atom is -0.478 e. The zero-order valence-corrected chi connectivity index (χ0v) is 20.4. The summed E-state index contributed by atoms with van der Waals surface area (Å²) in [5.74, 6) is -5.50. The van der Waals surface area contributed by atoms with Crippen molar-refractivity contribution in [3.8, 4) is 0 Å². The quantitative estimate of drug-likeness (QED) is 0.168. The number of aromatic nitrogens is 4. The Morgan fingerprint density at radius 2 is 0.703 bits per heavy atom. The number of fused-ring (bicyclic) bond motifs is 8. The minimum absolute atomic E-state index is 0. The van der Waals surface area contributed by atoms with Gasteiger partial charge >= 0.3 is 23.9 Å². The van der Waals surface area contributed by atoms with E-state index in [9.17, 15) is 39.6 Å². The Hall–Kier alpha value is -4.23. The number of aromatic carboxylic acids is 4. The molecule has 0 unspecified atom stereocenters. The molecule has 3 aromatic heterocycles. The van der Waals surface area contributed by atoms with E-state index in [0.717, 1.165) is 0 Å². The van der Waals surface area contributed by atoms with E-state index in [4.69, 9.17) is 0 Å². The molecule has 0 fully saturated rings. The van der Waals surface area contributed by atoms with Gasteiger partial charge in [-0.15, -0.1) is 0 Å². The van der Waals surface area contributed by atoms with Crippen LogP contribution in [0.5, 0.6) is 0 Å². The van der Waals surface area contributed by atoms with E-state index in [-0.39, 0.29) is 106 Å². The van der Waals surface area contributed by atoms with Gasteiger partial charge in [0, 0.05) is 38.6 Å². The Bertz CT molecular complexity index is 1520. The molecule has 0 amide bonds. The third kappa shape index (κ3) is 4.42. The van der Waals surface area contributed by atoms with Crippen molar-refractivity contribution < 1.29 is 78.2 Å². The molecule has 0 aliphatic carbocycles. The van der Waals surface area contributed by atoms with Gasteiger partial charge in [0.15, 0.2) is 0 Å². The Labute approximate surface area is 236 Å². The summed E-state index contributed by atoms with van der Waals surface area (Å²) in [4.78, 5) is 62.4. The Kier molecular flexibility index (Phi) is 6.75. The van der Waals surface area contributed by atoms with Crippen LogP contribution in [0.15, 0.2) is 24.3 Å². The number of hydrogen-bond donors (Lipinski definition) is 6. The van der Waals surface area contributed by atoms with Crippen LogP contribution >= 0.6 is 0 Å². The Morgan fingerprint density at radius 3 is 0.892 bits per heavy atom. The van der Waals surface area contributed by atoms with Crippen molar-refractivity contribution in [1.82, 2.24) is 19.9 Å². The molecule has 37 heavy (non-hydrogen) atoms. The van der Waals surface area contributed by atoms with Gasteiger partial charge in [-0.25, -0.2) is 29.1 Å². The molecule has 1 radical (unpaired) electrons. The van der Waals surface area contributed by atoms with Crippen molar-refractivity contribution in [2.75, 3.05) is 0 Å². The van der Waals surface area contributed by atoms with Crippen LogP contribution in [0.3, 0.4) is 0 Å². The number of nitrogens with zero attached hydrogens (tertiary/aromatic N) is 2. The maximum absolute atomic E-state index is 12.1. The summed E-state index contributed by atoms with van der Waals surface area (Å²) in [6.07, 6.45) is 5.30. The molecule has 5 heterocycles. The molecule has 8 bridgehead atoms. The Balaban J connectivity index is 0.00000320. The van der Waals surface area contributed by atoms with Crippen LogP contribution in [0.4, 0.5) is 0 Å². The standard InChI is InChI=1S/C24H14N4O8.Tb/c29-21(30)17-9-1-2-10(25-9)18(22(31)32)12-5-6-14(27-12)20(24(35)36)16-8-7-15(28-16)19(23(33)34)13-4-3-11(17)26-13;/h1-8,25,28H,(H,29,30)(H,31,32)(H,33,34)(H,35,36);. The van der Waals surface area contributed by atoms with E-state index in [1.807, 2.05) is 0 Å². The van der Waals surface area contributed by atoms with Crippen LogP contribution in [0.25, 0.3) is 46.4 Å². The first-order valence-electron chi connectivity index (χ1n) is 10.2. The summed E-state index contributed by atoms with van der Waals surface area (Å²) < 4.78 is 0.